The number of pyridine rings is 2. The zero-order valence-corrected chi connectivity index (χ0v) is 19.2. The van der Waals surface area contributed by atoms with Crippen molar-refractivity contribution in [2.24, 2.45) is 0 Å². The monoisotopic (exact) mass is 527 g/mol. The average Bonchev–Trinajstić information content (AvgIpc) is 3.62. The van der Waals surface area contributed by atoms with Gasteiger partial charge in [-0.1, -0.05) is 0 Å². The largest absolute Gasteiger partial charge is 2.00 e. The molecule has 14 heteroatoms. The number of nitrogens with zero attached hydrogens (tertiary/aromatic N) is 12. The molecule has 181 valence electrons. The van der Waals surface area contributed by atoms with Crippen LogP contribution in [0.3, 0.4) is 0 Å². The van der Waals surface area contributed by atoms with Gasteiger partial charge in [0.1, 0.15) is 5.69 Å². The van der Waals surface area contributed by atoms with Crippen molar-refractivity contribution < 1.29 is 22.5 Å². The number of hydrogen-bond acceptors (Lipinski definition) is 10. The van der Waals surface area contributed by atoms with Gasteiger partial charge in [0.15, 0.2) is 0 Å². The van der Waals surface area contributed by atoms with Gasteiger partial charge in [0.2, 0.25) is 0 Å². The summed E-state index contributed by atoms with van der Waals surface area (Å²) in [6, 6.07) is 7.32. The third-order valence-corrected chi connectivity index (χ3v) is 4.36. The SMILES string of the molecule is O.[Cu+2].c1cc(-c2n[n-]c(-c3cnccn3)n2)ccn1.c1cc(-c2nc(-c3cnccn3)n[n-]2)ccn1. The topological polar surface area (TPSA) is 189 Å². The minimum Gasteiger partial charge on any atom is -0.417 e. The summed E-state index contributed by atoms with van der Waals surface area (Å²) in [7, 11) is 0. The van der Waals surface area contributed by atoms with Crippen molar-refractivity contribution in [3.8, 4) is 45.8 Å². The molecule has 0 aliphatic carbocycles. The van der Waals surface area contributed by atoms with Gasteiger partial charge in [-0.25, -0.2) is 0 Å². The molecule has 13 nitrogen and oxygen atoms in total. The molecule has 36 heavy (non-hydrogen) atoms. The number of aromatic nitrogens is 12. The van der Waals surface area contributed by atoms with Crippen molar-refractivity contribution >= 4 is 0 Å². The fourth-order valence-electron chi connectivity index (χ4n) is 2.77. The van der Waals surface area contributed by atoms with Gasteiger partial charge >= 0.3 is 17.1 Å². The van der Waals surface area contributed by atoms with E-state index in [1.165, 1.54) is 0 Å². The van der Waals surface area contributed by atoms with E-state index in [2.05, 4.69) is 60.3 Å². The van der Waals surface area contributed by atoms with Crippen LogP contribution < -0.4 is 10.2 Å². The number of rotatable bonds is 4. The van der Waals surface area contributed by atoms with Crippen molar-refractivity contribution in [3.05, 3.63) is 86.2 Å². The van der Waals surface area contributed by atoms with Crippen LogP contribution in [0.5, 0.6) is 0 Å². The Morgan fingerprint density at radius 1 is 0.500 bits per heavy atom. The van der Waals surface area contributed by atoms with E-state index in [1.807, 2.05) is 24.3 Å². The van der Waals surface area contributed by atoms with Crippen LogP contribution in [0.1, 0.15) is 0 Å². The van der Waals surface area contributed by atoms with Gasteiger partial charge < -0.3 is 25.6 Å². The van der Waals surface area contributed by atoms with Crippen LogP contribution in [0, 0.1) is 0 Å². The summed E-state index contributed by atoms with van der Waals surface area (Å²) in [6.45, 7) is 0. The molecule has 6 aromatic heterocycles. The normalized spacial score (nSPS) is 9.78. The van der Waals surface area contributed by atoms with Gasteiger partial charge in [0.05, 0.1) is 29.7 Å². The van der Waals surface area contributed by atoms with Gasteiger partial charge in [-0.05, 0) is 47.0 Å². The first-order chi connectivity index (χ1) is 16.9. The zero-order valence-electron chi connectivity index (χ0n) is 18.3. The van der Waals surface area contributed by atoms with E-state index in [-0.39, 0.29) is 22.5 Å². The van der Waals surface area contributed by atoms with Crippen LogP contribution in [0.15, 0.2) is 86.2 Å². The first-order valence-electron chi connectivity index (χ1n) is 9.95. The molecule has 0 unspecified atom stereocenters. The maximum atomic E-state index is 4.30. The summed E-state index contributed by atoms with van der Waals surface area (Å²) in [5.41, 5.74) is 2.98. The second kappa shape index (κ2) is 12.6. The van der Waals surface area contributed by atoms with Crippen molar-refractivity contribution in [2.45, 2.75) is 0 Å². The van der Waals surface area contributed by atoms with Crippen LogP contribution in [0.4, 0.5) is 0 Å². The Hall–Kier alpha value is -4.78. The first kappa shape index (κ1) is 25.8. The minimum absolute atomic E-state index is 0. The maximum Gasteiger partial charge on any atom is 2.00 e. The predicted octanol–water partition coefficient (Wildman–Crippen LogP) is 1.08. The van der Waals surface area contributed by atoms with Crippen molar-refractivity contribution in [2.75, 3.05) is 0 Å². The van der Waals surface area contributed by atoms with E-state index in [0.29, 0.717) is 34.7 Å². The molecule has 0 aliphatic rings. The van der Waals surface area contributed by atoms with Crippen LogP contribution in [-0.2, 0) is 17.1 Å². The van der Waals surface area contributed by atoms with E-state index in [4.69, 9.17) is 0 Å². The van der Waals surface area contributed by atoms with Gasteiger partial charge in [0, 0.05) is 49.6 Å². The fourth-order valence-corrected chi connectivity index (χ4v) is 2.77. The number of hydrogen-bond donors (Lipinski definition) is 0. The molecule has 1 radical (unpaired) electrons. The van der Waals surface area contributed by atoms with Crippen molar-refractivity contribution in [3.63, 3.8) is 0 Å². The van der Waals surface area contributed by atoms with Crippen LogP contribution >= 0.6 is 0 Å². The molecule has 0 atom stereocenters. The van der Waals surface area contributed by atoms with Crippen LogP contribution in [-0.4, -0.2) is 55.5 Å². The Morgan fingerprint density at radius 2 is 1.03 bits per heavy atom. The Kier molecular flexibility index (Phi) is 9.06. The van der Waals surface area contributed by atoms with Gasteiger partial charge in [-0.15, -0.1) is 0 Å². The molecule has 0 fully saturated rings. The summed E-state index contributed by atoms with van der Waals surface area (Å²) < 4.78 is 0. The summed E-state index contributed by atoms with van der Waals surface area (Å²) >= 11 is 0. The van der Waals surface area contributed by atoms with E-state index in [9.17, 15) is 0 Å². The molecule has 0 bridgehead atoms. The molecule has 0 saturated heterocycles. The molecule has 0 aliphatic heterocycles. The summed E-state index contributed by atoms with van der Waals surface area (Å²) in [5, 5.41) is 16.0. The van der Waals surface area contributed by atoms with Gasteiger partial charge in [0.25, 0.3) is 0 Å². The fraction of sp³-hybridized carbons (Fsp3) is 0. The van der Waals surface area contributed by atoms with Crippen LogP contribution in [0.25, 0.3) is 45.8 Å². The molecule has 0 saturated carbocycles. The van der Waals surface area contributed by atoms with E-state index < -0.39 is 0 Å². The molecule has 6 rings (SSSR count). The Bertz CT molecular complexity index is 1230. The zero-order chi connectivity index (χ0) is 23.0. The molecular formula is C22H16CuN12O. The van der Waals surface area contributed by atoms with Gasteiger partial charge in [-0.3, -0.25) is 40.1 Å². The standard InChI is InChI=1S/2C11H7N6.Cu.H2O/c2*1-3-12-4-2-8(1)10-15-11(17-16-10)9-7-13-5-6-14-9;;/h2*1-7H;;1H2/q2*-1;+2;. The smallest absolute Gasteiger partial charge is 0.417 e. The average molecular weight is 528 g/mol. The Labute approximate surface area is 214 Å². The minimum atomic E-state index is 0. The van der Waals surface area contributed by atoms with Crippen molar-refractivity contribution in [1.29, 1.82) is 0 Å². The maximum absolute atomic E-state index is 4.30. The van der Waals surface area contributed by atoms with Crippen LogP contribution in [0.2, 0.25) is 0 Å². The van der Waals surface area contributed by atoms with Crippen molar-refractivity contribution in [1.82, 2.24) is 60.3 Å². The second-order valence-electron chi connectivity index (χ2n) is 6.57. The molecule has 0 aromatic carbocycles. The van der Waals surface area contributed by atoms with E-state index >= 15 is 0 Å². The Balaban J connectivity index is 0.000000190. The summed E-state index contributed by atoms with van der Waals surface area (Å²) in [5.74, 6) is 2.08. The molecule has 0 amide bonds. The first-order valence-corrected chi connectivity index (χ1v) is 9.95. The third kappa shape index (κ3) is 6.21. The molecule has 2 N–H and O–H groups in total. The third-order valence-electron chi connectivity index (χ3n) is 4.36. The second-order valence-corrected chi connectivity index (χ2v) is 6.57. The van der Waals surface area contributed by atoms with E-state index in [1.54, 1.807) is 62.0 Å². The summed E-state index contributed by atoms with van der Waals surface area (Å²) in [4.78, 5) is 32.6. The molecule has 6 heterocycles. The Morgan fingerprint density at radius 3 is 1.64 bits per heavy atom. The molecular weight excluding hydrogens is 512 g/mol. The van der Waals surface area contributed by atoms with Gasteiger partial charge in [-0.2, -0.15) is 0 Å². The predicted molar refractivity (Wildman–Crippen MR) is 123 cm³/mol. The van der Waals surface area contributed by atoms with E-state index in [0.717, 1.165) is 11.1 Å². The summed E-state index contributed by atoms with van der Waals surface area (Å²) in [6.07, 6.45) is 16.4. The quantitative estimate of drug-likeness (QED) is 0.297. The molecule has 6 aromatic rings. The molecule has 0 spiro atoms.